The van der Waals surface area contributed by atoms with Gasteiger partial charge in [0, 0.05) is 18.4 Å². The number of anilines is 1. The Morgan fingerprint density at radius 1 is 0.879 bits per heavy atom. The Morgan fingerprint density at radius 2 is 1.58 bits per heavy atom. The van der Waals surface area contributed by atoms with Gasteiger partial charge in [0.25, 0.3) is 11.8 Å². The summed E-state index contributed by atoms with van der Waals surface area (Å²) in [6.45, 7) is -0.670. The van der Waals surface area contributed by atoms with Crippen LogP contribution < -0.4 is 25.2 Å². The third-order valence-corrected chi connectivity index (χ3v) is 4.69. The molecule has 33 heavy (non-hydrogen) atoms. The zero-order valence-corrected chi connectivity index (χ0v) is 17.9. The minimum absolute atomic E-state index is 0.0576. The lowest BCUT2D eigenvalue weighted by atomic mass is 10.2. The number of imide groups is 1. The zero-order chi connectivity index (χ0) is 24.0. The van der Waals surface area contributed by atoms with Gasteiger partial charge in [0.1, 0.15) is 0 Å². The van der Waals surface area contributed by atoms with E-state index in [4.69, 9.17) is 14.2 Å². The summed E-state index contributed by atoms with van der Waals surface area (Å²) in [6, 6.07) is 10.2. The molecule has 2 N–H and O–H groups in total. The number of hydrogen-bond acceptors (Lipinski definition) is 8. The first-order valence-electron chi connectivity index (χ1n) is 9.78. The Bertz CT molecular complexity index is 1100. The van der Waals surface area contributed by atoms with Crippen molar-refractivity contribution in [1.29, 1.82) is 0 Å². The van der Waals surface area contributed by atoms with Gasteiger partial charge < -0.3 is 14.2 Å². The van der Waals surface area contributed by atoms with E-state index in [1.54, 1.807) is 0 Å². The van der Waals surface area contributed by atoms with Crippen LogP contribution in [-0.2, 0) is 19.1 Å². The highest BCUT2D eigenvalue weighted by Gasteiger charge is 2.30. The van der Waals surface area contributed by atoms with Crippen LogP contribution in [0.2, 0.25) is 0 Å². The van der Waals surface area contributed by atoms with Gasteiger partial charge in [-0.2, -0.15) is 0 Å². The molecule has 1 aliphatic rings. The molecule has 1 saturated heterocycles. The van der Waals surface area contributed by atoms with E-state index in [0.717, 1.165) is 4.90 Å². The minimum Gasteiger partial charge on any atom is -0.493 e. The molecule has 0 atom stereocenters. The second-order valence-corrected chi connectivity index (χ2v) is 6.82. The Labute approximate surface area is 188 Å². The number of benzene rings is 2. The van der Waals surface area contributed by atoms with Crippen LogP contribution in [0.1, 0.15) is 33.6 Å². The first kappa shape index (κ1) is 23.3. The predicted octanol–water partition coefficient (Wildman–Crippen LogP) is 0.975. The molecule has 0 aliphatic carbocycles. The van der Waals surface area contributed by atoms with E-state index in [0.29, 0.717) is 11.5 Å². The van der Waals surface area contributed by atoms with E-state index in [1.807, 2.05) is 0 Å². The van der Waals surface area contributed by atoms with Gasteiger partial charge in [-0.3, -0.25) is 34.9 Å². The molecule has 0 bridgehead atoms. The number of hydrazine groups is 1. The molecule has 4 amide bonds. The largest absolute Gasteiger partial charge is 0.493 e. The van der Waals surface area contributed by atoms with Crippen molar-refractivity contribution in [2.24, 2.45) is 0 Å². The number of carbonyl (C=O) groups is 5. The number of carbonyl (C=O) groups excluding carboxylic acids is 5. The molecule has 0 unspecified atom stereocenters. The second-order valence-electron chi connectivity index (χ2n) is 6.82. The fourth-order valence-corrected chi connectivity index (χ4v) is 3.06. The van der Waals surface area contributed by atoms with Crippen LogP contribution >= 0.6 is 0 Å². The summed E-state index contributed by atoms with van der Waals surface area (Å²) in [4.78, 5) is 61.2. The Hall–Kier alpha value is -4.41. The summed E-state index contributed by atoms with van der Waals surface area (Å²) < 4.78 is 15.2. The van der Waals surface area contributed by atoms with Crippen LogP contribution in [0.4, 0.5) is 5.69 Å². The van der Waals surface area contributed by atoms with Crippen molar-refractivity contribution < 1.29 is 38.2 Å². The molecule has 1 heterocycles. The number of methoxy groups -OCH3 is 2. The molecule has 2 aromatic carbocycles. The summed E-state index contributed by atoms with van der Waals surface area (Å²) in [5, 5.41) is 0. The highest BCUT2D eigenvalue weighted by Crippen LogP contribution is 2.27. The number of nitrogens with one attached hydrogen (secondary N) is 2. The highest BCUT2D eigenvalue weighted by atomic mass is 16.5. The zero-order valence-electron chi connectivity index (χ0n) is 17.9. The van der Waals surface area contributed by atoms with Crippen LogP contribution in [0.15, 0.2) is 42.5 Å². The van der Waals surface area contributed by atoms with Gasteiger partial charge in [-0.05, 0) is 36.4 Å². The maximum Gasteiger partial charge on any atom is 0.338 e. The topological polar surface area (TPSA) is 140 Å². The molecule has 2 aromatic rings. The number of esters is 1. The molecule has 11 heteroatoms. The summed E-state index contributed by atoms with van der Waals surface area (Å²) in [6.07, 6.45) is 0.228. The van der Waals surface area contributed by atoms with Gasteiger partial charge >= 0.3 is 5.97 Å². The second kappa shape index (κ2) is 10.3. The molecule has 0 radical (unpaired) electrons. The van der Waals surface area contributed by atoms with Gasteiger partial charge in [-0.15, -0.1) is 0 Å². The molecule has 0 spiro atoms. The molecule has 1 aliphatic heterocycles. The average Bonchev–Trinajstić information content (AvgIpc) is 3.18. The van der Waals surface area contributed by atoms with E-state index in [2.05, 4.69) is 10.9 Å². The van der Waals surface area contributed by atoms with Crippen molar-refractivity contribution >= 4 is 35.3 Å². The van der Waals surface area contributed by atoms with Crippen molar-refractivity contribution in [2.45, 2.75) is 12.8 Å². The van der Waals surface area contributed by atoms with E-state index in [9.17, 15) is 24.0 Å². The molecule has 1 fully saturated rings. The van der Waals surface area contributed by atoms with Crippen LogP contribution in [0.5, 0.6) is 11.5 Å². The van der Waals surface area contributed by atoms with Gasteiger partial charge in [0.05, 0.1) is 25.5 Å². The fraction of sp³-hybridized carbons (Fsp3) is 0.227. The van der Waals surface area contributed by atoms with Crippen LogP contribution in [-0.4, -0.2) is 50.4 Å². The van der Waals surface area contributed by atoms with Crippen molar-refractivity contribution in [3.05, 3.63) is 53.6 Å². The molecule has 172 valence electrons. The third kappa shape index (κ3) is 5.45. The lowest BCUT2D eigenvalue weighted by Gasteiger charge is -2.14. The third-order valence-electron chi connectivity index (χ3n) is 4.69. The van der Waals surface area contributed by atoms with Crippen molar-refractivity contribution in [3.8, 4) is 11.5 Å². The number of nitrogens with zero attached hydrogens (tertiary/aromatic N) is 1. The van der Waals surface area contributed by atoms with Crippen molar-refractivity contribution in [1.82, 2.24) is 10.9 Å². The summed E-state index contributed by atoms with van der Waals surface area (Å²) in [7, 11) is 2.88. The minimum atomic E-state index is -0.836. The number of amides is 4. The number of rotatable bonds is 7. The molecular weight excluding hydrogens is 434 g/mol. The van der Waals surface area contributed by atoms with E-state index >= 15 is 0 Å². The van der Waals surface area contributed by atoms with E-state index < -0.39 is 24.4 Å². The van der Waals surface area contributed by atoms with Gasteiger partial charge in [0.15, 0.2) is 18.1 Å². The van der Waals surface area contributed by atoms with Crippen LogP contribution in [0, 0.1) is 0 Å². The number of ether oxygens (including phenoxy) is 3. The molecule has 0 saturated carbocycles. The standard InChI is InChI=1S/C22H21N3O8/c1-31-16-7-6-13(11-17(16)32-2)21(29)24-23-18(26)12-33-22(30)14-4-3-5-15(10-14)25-19(27)8-9-20(25)28/h3-7,10-11H,8-9,12H2,1-2H3,(H,23,26)(H,24,29). The smallest absolute Gasteiger partial charge is 0.338 e. The Balaban J connectivity index is 1.52. The van der Waals surface area contributed by atoms with E-state index in [1.165, 1.54) is 56.7 Å². The van der Waals surface area contributed by atoms with Crippen molar-refractivity contribution in [2.75, 3.05) is 25.7 Å². The summed E-state index contributed by atoms with van der Waals surface area (Å²) in [5.74, 6) is -2.17. The van der Waals surface area contributed by atoms with Crippen LogP contribution in [0.25, 0.3) is 0 Å². The molecule has 0 aromatic heterocycles. The summed E-state index contributed by atoms with van der Waals surface area (Å²) in [5.41, 5.74) is 4.85. The Morgan fingerprint density at radius 3 is 2.24 bits per heavy atom. The monoisotopic (exact) mass is 455 g/mol. The first-order valence-corrected chi connectivity index (χ1v) is 9.78. The van der Waals surface area contributed by atoms with Gasteiger partial charge in [-0.25, -0.2) is 4.79 Å². The lowest BCUT2D eigenvalue weighted by Crippen LogP contribution is -2.43. The predicted molar refractivity (Wildman–Crippen MR) is 114 cm³/mol. The quantitative estimate of drug-likeness (QED) is 0.358. The maximum atomic E-state index is 12.3. The SMILES string of the molecule is COc1ccc(C(=O)NNC(=O)COC(=O)c2cccc(N3C(=O)CCC3=O)c2)cc1OC. The summed E-state index contributed by atoms with van der Waals surface area (Å²) >= 11 is 0. The van der Waals surface area contributed by atoms with Gasteiger partial charge in [0.2, 0.25) is 11.8 Å². The average molecular weight is 455 g/mol. The molecule has 3 rings (SSSR count). The number of hydrogen-bond donors (Lipinski definition) is 2. The molecule has 11 nitrogen and oxygen atoms in total. The maximum absolute atomic E-state index is 12.3. The highest BCUT2D eigenvalue weighted by molar-refractivity contribution is 6.20. The fourth-order valence-electron chi connectivity index (χ4n) is 3.06. The first-order chi connectivity index (χ1) is 15.8. The van der Waals surface area contributed by atoms with E-state index in [-0.39, 0.29) is 41.5 Å². The van der Waals surface area contributed by atoms with Gasteiger partial charge in [-0.1, -0.05) is 6.07 Å². The van der Waals surface area contributed by atoms with Crippen LogP contribution in [0.3, 0.4) is 0 Å². The van der Waals surface area contributed by atoms with Crippen molar-refractivity contribution in [3.63, 3.8) is 0 Å². The normalized spacial score (nSPS) is 12.8. The molecular formula is C22H21N3O8. The Kier molecular flexibility index (Phi) is 7.24. The lowest BCUT2D eigenvalue weighted by molar-refractivity contribution is -0.125.